The summed E-state index contributed by atoms with van der Waals surface area (Å²) in [5, 5.41) is 4.12. The number of aromatic nitrogens is 2. The smallest absolute Gasteiger partial charge is 0.133 e. The van der Waals surface area contributed by atoms with Gasteiger partial charge in [-0.1, -0.05) is 18.7 Å². The van der Waals surface area contributed by atoms with E-state index in [1.807, 2.05) is 38.2 Å². The molecule has 1 aromatic heterocycles. The van der Waals surface area contributed by atoms with Gasteiger partial charge in [0.15, 0.2) is 0 Å². The van der Waals surface area contributed by atoms with Crippen LogP contribution in [0.3, 0.4) is 0 Å². The molecule has 0 spiro atoms. The van der Waals surface area contributed by atoms with Crippen molar-refractivity contribution in [2.24, 2.45) is 0 Å². The minimum Gasteiger partial charge on any atom is -0.497 e. The van der Waals surface area contributed by atoms with Crippen LogP contribution in [0.2, 0.25) is 0 Å². The monoisotopic (exact) mass is 289 g/mol. The van der Waals surface area contributed by atoms with E-state index in [1.165, 1.54) is 0 Å². The van der Waals surface area contributed by atoms with Gasteiger partial charge >= 0.3 is 0 Å². The van der Waals surface area contributed by atoms with Gasteiger partial charge in [-0.15, -0.1) is 0 Å². The fourth-order valence-electron chi connectivity index (χ4n) is 1.80. The van der Waals surface area contributed by atoms with Crippen molar-refractivity contribution in [3.8, 4) is 5.75 Å². The van der Waals surface area contributed by atoms with Gasteiger partial charge in [0.1, 0.15) is 22.4 Å². The molecule has 4 nitrogen and oxygen atoms in total. The first kappa shape index (κ1) is 14.7. The maximum atomic E-state index is 5.17. The molecule has 2 aromatic rings. The molecule has 1 heterocycles. The van der Waals surface area contributed by atoms with Gasteiger partial charge in [-0.05, 0) is 31.2 Å². The first-order valence-corrected chi connectivity index (χ1v) is 7.36. The number of nitrogens with one attached hydrogen (secondary N) is 1. The number of nitrogens with zero attached hydrogens (tertiary/aromatic N) is 2. The fraction of sp³-hybridized carbons (Fsp3) is 0.333. The van der Waals surface area contributed by atoms with E-state index in [1.54, 1.807) is 18.9 Å². The van der Waals surface area contributed by atoms with Gasteiger partial charge in [0, 0.05) is 23.9 Å². The molecule has 5 heteroatoms. The molecule has 106 valence electrons. The molecular formula is C15H19N3OS. The highest BCUT2D eigenvalue weighted by Gasteiger charge is 2.10. The van der Waals surface area contributed by atoms with Gasteiger partial charge in [-0.3, -0.25) is 0 Å². The van der Waals surface area contributed by atoms with Crippen LogP contribution < -0.4 is 10.1 Å². The van der Waals surface area contributed by atoms with E-state index >= 15 is 0 Å². The third-order valence-corrected chi connectivity index (χ3v) is 4.07. The lowest BCUT2D eigenvalue weighted by atomic mass is 10.3. The van der Waals surface area contributed by atoms with E-state index < -0.39 is 0 Å². The van der Waals surface area contributed by atoms with E-state index in [-0.39, 0.29) is 0 Å². The molecule has 0 saturated heterocycles. The van der Waals surface area contributed by atoms with Crippen LogP contribution in [-0.2, 0) is 6.42 Å². The number of aryl methyl sites for hydroxylation is 1. The normalized spacial score (nSPS) is 10.4. The zero-order valence-corrected chi connectivity index (χ0v) is 13.0. The Kier molecular flexibility index (Phi) is 4.84. The predicted octanol–water partition coefficient (Wildman–Crippen LogP) is 3.55. The minimum absolute atomic E-state index is 0.825. The van der Waals surface area contributed by atoms with Crippen molar-refractivity contribution in [2.75, 3.05) is 19.5 Å². The maximum Gasteiger partial charge on any atom is 0.133 e. The van der Waals surface area contributed by atoms with E-state index in [0.717, 1.165) is 39.3 Å². The highest BCUT2D eigenvalue weighted by Crippen LogP contribution is 2.32. The zero-order valence-electron chi connectivity index (χ0n) is 12.2. The quantitative estimate of drug-likeness (QED) is 0.853. The lowest BCUT2D eigenvalue weighted by Gasteiger charge is -2.11. The van der Waals surface area contributed by atoms with Crippen molar-refractivity contribution in [3.05, 3.63) is 35.7 Å². The molecule has 0 bridgehead atoms. The summed E-state index contributed by atoms with van der Waals surface area (Å²) in [6, 6.07) is 7.99. The molecule has 1 aromatic carbocycles. The molecule has 0 amide bonds. The minimum atomic E-state index is 0.825. The summed E-state index contributed by atoms with van der Waals surface area (Å²) >= 11 is 1.65. The van der Waals surface area contributed by atoms with Crippen molar-refractivity contribution in [1.29, 1.82) is 0 Å². The first-order valence-electron chi connectivity index (χ1n) is 6.55. The Hall–Kier alpha value is -1.75. The van der Waals surface area contributed by atoms with Crippen molar-refractivity contribution in [3.63, 3.8) is 0 Å². The molecule has 1 N–H and O–H groups in total. The van der Waals surface area contributed by atoms with Crippen LogP contribution in [0.1, 0.15) is 18.3 Å². The number of hydrogen-bond acceptors (Lipinski definition) is 5. The van der Waals surface area contributed by atoms with Gasteiger partial charge in [0.2, 0.25) is 0 Å². The van der Waals surface area contributed by atoms with E-state index in [9.17, 15) is 0 Å². The molecule has 0 aliphatic heterocycles. The highest BCUT2D eigenvalue weighted by atomic mass is 32.2. The number of anilines is 1. The second-order valence-corrected chi connectivity index (χ2v) is 5.36. The van der Waals surface area contributed by atoms with Gasteiger partial charge < -0.3 is 10.1 Å². The summed E-state index contributed by atoms with van der Waals surface area (Å²) in [5.41, 5.74) is 1.07. The van der Waals surface area contributed by atoms with Crippen molar-refractivity contribution < 1.29 is 4.74 Å². The topological polar surface area (TPSA) is 47.0 Å². The number of rotatable bonds is 5. The number of ether oxygens (including phenoxy) is 1. The van der Waals surface area contributed by atoms with Gasteiger partial charge in [-0.2, -0.15) is 0 Å². The summed E-state index contributed by atoms with van der Waals surface area (Å²) < 4.78 is 5.17. The summed E-state index contributed by atoms with van der Waals surface area (Å²) in [6.45, 7) is 4.10. The van der Waals surface area contributed by atoms with Crippen LogP contribution in [0.5, 0.6) is 5.75 Å². The molecule has 0 saturated carbocycles. The Morgan fingerprint density at radius 3 is 2.45 bits per heavy atom. The lowest BCUT2D eigenvalue weighted by molar-refractivity contribution is 0.414. The predicted molar refractivity (Wildman–Crippen MR) is 82.8 cm³/mol. The highest BCUT2D eigenvalue weighted by molar-refractivity contribution is 7.99. The van der Waals surface area contributed by atoms with Crippen LogP contribution in [0.15, 0.2) is 34.2 Å². The van der Waals surface area contributed by atoms with E-state index in [0.29, 0.717) is 0 Å². The Labute approximate surface area is 124 Å². The Morgan fingerprint density at radius 1 is 1.20 bits per heavy atom. The largest absolute Gasteiger partial charge is 0.497 e. The van der Waals surface area contributed by atoms with Crippen LogP contribution in [0.25, 0.3) is 0 Å². The van der Waals surface area contributed by atoms with Crippen LogP contribution in [-0.4, -0.2) is 24.1 Å². The molecule has 20 heavy (non-hydrogen) atoms. The molecule has 0 radical (unpaired) electrons. The number of hydrogen-bond donors (Lipinski definition) is 1. The van der Waals surface area contributed by atoms with Crippen molar-refractivity contribution >= 4 is 17.6 Å². The van der Waals surface area contributed by atoms with Crippen LogP contribution in [0, 0.1) is 6.92 Å². The number of methoxy groups -OCH3 is 1. The summed E-state index contributed by atoms with van der Waals surface area (Å²) in [7, 11) is 3.56. The standard InChI is InChI=1S/C15H19N3OS/c1-5-13-17-14(16-3)10(2)15(18-13)20-12-8-6-11(19-4)7-9-12/h6-9H,5H2,1-4H3,(H,16,17,18). The Morgan fingerprint density at radius 2 is 1.90 bits per heavy atom. The molecule has 2 rings (SSSR count). The Bertz CT molecular complexity index is 584. The average molecular weight is 289 g/mol. The molecule has 0 aliphatic carbocycles. The molecule has 0 aliphatic rings. The summed E-state index contributed by atoms with van der Waals surface area (Å²) in [5.74, 6) is 2.61. The third-order valence-electron chi connectivity index (χ3n) is 2.97. The molecular weight excluding hydrogens is 270 g/mol. The maximum absolute atomic E-state index is 5.17. The van der Waals surface area contributed by atoms with E-state index in [4.69, 9.17) is 4.74 Å². The van der Waals surface area contributed by atoms with Crippen molar-refractivity contribution in [1.82, 2.24) is 9.97 Å². The third kappa shape index (κ3) is 3.22. The average Bonchev–Trinajstić information content (AvgIpc) is 2.50. The van der Waals surface area contributed by atoms with Gasteiger partial charge in [0.25, 0.3) is 0 Å². The lowest BCUT2D eigenvalue weighted by Crippen LogP contribution is -2.04. The van der Waals surface area contributed by atoms with E-state index in [2.05, 4.69) is 22.2 Å². The Balaban J connectivity index is 2.31. The van der Waals surface area contributed by atoms with Crippen LogP contribution >= 0.6 is 11.8 Å². The summed E-state index contributed by atoms with van der Waals surface area (Å²) in [6.07, 6.45) is 0.825. The van der Waals surface area contributed by atoms with Crippen molar-refractivity contribution in [2.45, 2.75) is 30.2 Å². The summed E-state index contributed by atoms with van der Waals surface area (Å²) in [4.78, 5) is 10.2. The molecule has 0 unspecified atom stereocenters. The first-order chi connectivity index (χ1) is 9.67. The number of benzene rings is 1. The van der Waals surface area contributed by atoms with Gasteiger partial charge in [-0.25, -0.2) is 9.97 Å². The molecule has 0 fully saturated rings. The van der Waals surface area contributed by atoms with Gasteiger partial charge in [0.05, 0.1) is 7.11 Å². The SMILES string of the molecule is CCc1nc(NC)c(C)c(Sc2ccc(OC)cc2)n1. The second-order valence-electron chi connectivity index (χ2n) is 4.30. The zero-order chi connectivity index (χ0) is 14.5. The fourth-order valence-corrected chi connectivity index (χ4v) is 2.69. The molecule has 0 atom stereocenters. The van der Waals surface area contributed by atoms with Crippen LogP contribution in [0.4, 0.5) is 5.82 Å². The second kappa shape index (κ2) is 6.61.